The number of cyclic esters (lactones) is 1. The van der Waals surface area contributed by atoms with Gasteiger partial charge in [-0.05, 0) is 25.0 Å². The van der Waals surface area contributed by atoms with Crippen LogP contribution in [0.15, 0.2) is 39.7 Å². The third kappa shape index (κ3) is 3.35. The number of sulfonamides is 1. The van der Waals surface area contributed by atoms with Crippen LogP contribution in [0.1, 0.15) is 19.4 Å². The Balaban J connectivity index is 2.42. The molecule has 1 aromatic rings. The van der Waals surface area contributed by atoms with Crippen molar-refractivity contribution in [3.05, 3.63) is 40.4 Å². The molecular weight excluding hydrogens is 370 g/mol. The maximum absolute atomic E-state index is 12.7. The molecule has 0 bridgehead atoms. The summed E-state index contributed by atoms with van der Waals surface area (Å²) in [6.45, 7) is 5.81. The molecule has 1 saturated heterocycles. The fourth-order valence-electron chi connectivity index (χ4n) is 2.12. The lowest BCUT2D eigenvalue weighted by Crippen LogP contribution is -2.39. The third-order valence-corrected chi connectivity index (χ3v) is 5.80. The van der Waals surface area contributed by atoms with Gasteiger partial charge in [0.2, 0.25) is 0 Å². The van der Waals surface area contributed by atoms with Crippen molar-refractivity contribution in [2.75, 3.05) is 6.61 Å². The van der Waals surface area contributed by atoms with Gasteiger partial charge in [-0.2, -0.15) is 4.31 Å². The molecule has 1 aliphatic heterocycles. The largest absolute Gasteiger partial charge is 0.446 e. The van der Waals surface area contributed by atoms with Crippen LogP contribution in [0.25, 0.3) is 0 Å². The molecule has 1 fully saturated rings. The molecule has 0 saturated carbocycles. The molecule has 5 nitrogen and oxygen atoms in total. The molecule has 2 rings (SSSR count). The van der Waals surface area contributed by atoms with Crippen LogP contribution in [-0.4, -0.2) is 31.5 Å². The van der Waals surface area contributed by atoms with Crippen LogP contribution in [0.5, 0.6) is 0 Å². The molecular formula is C15H18BrNO4S. The van der Waals surface area contributed by atoms with E-state index in [-0.39, 0.29) is 17.4 Å². The van der Waals surface area contributed by atoms with Gasteiger partial charge in [-0.25, -0.2) is 13.2 Å². The zero-order chi connectivity index (χ0) is 16.5. The number of hydrogen-bond donors (Lipinski definition) is 0. The molecule has 1 aliphatic rings. The summed E-state index contributed by atoms with van der Waals surface area (Å²) in [6, 6.07) is 5.71. The number of carbonyl (C=O) groups is 1. The van der Waals surface area contributed by atoms with Crippen molar-refractivity contribution in [1.82, 2.24) is 4.31 Å². The van der Waals surface area contributed by atoms with Crippen molar-refractivity contribution in [2.24, 2.45) is 5.92 Å². The average molecular weight is 388 g/mol. The number of hydrogen-bond acceptors (Lipinski definition) is 4. The Morgan fingerprint density at radius 1 is 1.36 bits per heavy atom. The van der Waals surface area contributed by atoms with Gasteiger partial charge in [-0.1, -0.05) is 53.5 Å². The van der Waals surface area contributed by atoms with E-state index in [2.05, 4.69) is 15.9 Å². The molecule has 0 aliphatic carbocycles. The second-order valence-electron chi connectivity index (χ2n) is 5.50. The number of rotatable bonds is 4. The van der Waals surface area contributed by atoms with E-state index < -0.39 is 22.2 Å². The number of allylic oxidation sites excluding steroid dienone is 1. The zero-order valence-corrected chi connectivity index (χ0v) is 15.0. The van der Waals surface area contributed by atoms with E-state index >= 15 is 0 Å². The van der Waals surface area contributed by atoms with E-state index in [9.17, 15) is 13.2 Å². The van der Waals surface area contributed by atoms with Crippen LogP contribution in [-0.2, 0) is 14.8 Å². The number of ether oxygens (including phenoxy) is 1. The molecule has 0 N–H and O–H groups in total. The summed E-state index contributed by atoms with van der Waals surface area (Å²) < 4.78 is 31.9. The Morgan fingerprint density at radius 3 is 2.50 bits per heavy atom. The van der Waals surface area contributed by atoms with E-state index in [0.29, 0.717) is 4.48 Å². The molecule has 1 atom stereocenters. The van der Waals surface area contributed by atoms with Crippen molar-refractivity contribution in [3.63, 3.8) is 0 Å². The van der Waals surface area contributed by atoms with Gasteiger partial charge < -0.3 is 4.74 Å². The maximum atomic E-state index is 12.7. The van der Waals surface area contributed by atoms with E-state index in [0.717, 1.165) is 9.87 Å². The van der Waals surface area contributed by atoms with Gasteiger partial charge in [0.1, 0.15) is 12.6 Å². The van der Waals surface area contributed by atoms with Crippen LogP contribution in [0, 0.1) is 12.8 Å². The Labute approximate surface area is 139 Å². The monoisotopic (exact) mass is 387 g/mol. The van der Waals surface area contributed by atoms with E-state index in [4.69, 9.17) is 4.74 Å². The fraction of sp³-hybridized carbons (Fsp3) is 0.400. The minimum absolute atomic E-state index is 0.00767. The van der Waals surface area contributed by atoms with Crippen LogP contribution in [0.2, 0.25) is 0 Å². The lowest BCUT2D eigenvalue weighted by molar-refractivity contribution is 0.170. The fourth-order valence-corrected chi connectivity index (χ4v) is 4.59. The number of carbonyl (C=O) groups excluding carboxylic acids is 1. The molecule has 1 amide bonds. The number of aryl methyl sites for hydroxylation is 1. The minimum atomic E-state index is -3.95. The Hall–Kier alpha value is -1.34. The summed E-state index contributed by atoms with van der Waals surface area (Å²) in [7, 11) is -3.95. The number of amides is 1. The Morgan fingerprint density at radius 2 is 1.95 bits per heavy atom. The average Bonchev–Trinajstić information content (AvgIpc) is 2.81. The summed E-state index contributed by atoms with van der Waals surface area (Å²) in [6.07, 6.45) is 1.02. The molecule has 7 heteroatoms. The van der Waals surface area contributed by atoms with Crippen LogP contribution < -0.4 is 0 Å². The number of nitrogens with zero attached hydrogens (tertiary/aromatic N) is 1. The molecule has 22 heavy (non-hydrogen) atoms. The van der Waals surface area contributed by atoms with Gasteiger partial charge in [0.05, 0.1) is 4.90 Å². The van der Waals surface area contributed by atoms with Gasteiger partial charge in [0, 0.05) is 4.48 Å². The van der Waals surface area contributed by atoms with Crippen LogP contribution >= 0.6 is 15.9 Å². The first-order chi connectivity index (χ1) is 10.2. The number of halogens is 1. The van der Waals surface area contributed by atoms with Crippen molar-refractivity contribution in [1.29, 1.82) is 0 Å². The van der Waals surface area contributed by atoms with Gasteiger partial charge in [0.25, 0.3) is 10.0 Å². The van der Waals surface area contributed by atoms with Gasteiger partial charge >= 0.3 is 6.09 Å². The summed E-state index contributed by atoms with van der Waals surface area (Å²) in [5, 5.41) is 0. The summed E-state index contributed by atoms with van der Waals surface area (Å²) in [5.74, 6) is 0.217. The summed E-state index contributed by atoms with van der Waals surface area (Å²) in [4.78, 5) is 12.0. The summed E-state index contributed by atoms with van der Waals surface area (Å²) >= 11 is 3.37. The standard InChI is InChI=1S/C15H18BrNO4S/c1-10(2)8-13(16)14-9-21-15(18)17(14)22(19,20)12-6-4-11(3)5-7-12/h4-8,10,14H,9H2,1-3H3/b13-8-. The lowest BCUT2D eigenvalue weighted by atomic mass is 10.1. The second-order valence-corrected chi connectivity index (χ2v) is 8.23. The quantitative estimate of drug-likeness (QED) is 0.793. The topological polar surface area (TPSA) is 63.7 Å². The van der Waals surface area contributed by atoms with Crippen molar-refractivity contribution < 1.29 is 17.9 Å². The van der Waals surface area contributed by atoms with E-state index in [1.165, 1.54) is 12.1 Å². The minimum Gasteiger partial charge on any atom is -0.446 e. The normalized spacial score (nSPS) is 19.7. The highest BCUT2D eigenvalue weighted by Crippen LogP contribution is 2.30. The van der Waals surface area contributed by atoms with Crippen LogP contribution in [0.3, 0.4) is 0 Å². The number of benzene rings is 1. The zero-order valence-electron chi connectivity index (χ0n) is 12.6. The molecule has 1 unspecified atom stereocenters. The highest BCUT2D eigenvalue weighted by Gasteiger charge is 2.43. The van der Waals surface area contributed by atoms with Crippen molar-refractivity contribution in [2.45, 2.75) is 31.7 Å². The van der Waals surface area contributed by atoms with Crippen molar-refractivity contribution >= 4 is 32.0 Å². The summed E-state index contributed by atoms with van der Waals surface area (Å²) in [5.41, 5.74) is 0.945. The predicted octanol–water partition coefficient (Wildman–Crippen LogP) is 3.44. The van der Waals surface area contributed by atoms with Gasteiger partial charge in [-0.15, -0.1) is 0 Å². The van der Waals surface area contributed by atoms with Crippen molar-refractivity contribution in [3.8, 4) is 0 Å². The predicted molar refractivity (Wildman–Crippen MR) is 87.2 cm³/mol. The van der Waals surface area contributed by atoms with E-state index in [1.54, 1.807) is 12.1 Å². The first-order valence-electron chi connectivity index (χ1n) is 6.88. The van der Waals surface area contributed by atoms with Crippen LogP contribution in [0.4, 0.5) is 4.79 Å². The third-order valence-electron chi connectivity index (χ3n) is 3.22. The first kappa shape index (κ1) is 17.0. The van der Waals surface area contributed by atoms with Gasteiger partial charge in [-0.3, -0.25) is 0 Å². The SMILES string of the molecule is Cc1ccc(S(=O)(=O)N2C(=O)OCC2/C(Br)=C/C(C)C)cc1. The first-order valence-corrected chi connectivity index (χ1v) is 9.12. The Bertz CT molecular complexity index is 695. The second kappa shape index (κ2) is 6.42. The molecule has 0 radical (unpaired) electrons. The molecule has 0 aromatic heterocycles. The molecule has 0 spiro atoms. The molecule has 1 aromatic carbocycles. The highest BCUT2D eigenvalue weighted by molar-refractivity contribution is 9.11. The smallest absolute Gasteiger partial charge is 0.424 e. The van der Waals surface area contributed by atoms with E-state index in [1.807, 2.05) is 26.8 Å². The molecule has 1 heterocycles. The Kier molecular flexibility index (Phi) is 4.97. The molecule has 120 valence electrons. The van der Waals surface area contributed by atoms with Gasteiger partial charge in [0.15, 0.2) is 0 Å². The lowest BCUT2D eigenvalue weighted by Gasteiger charge is -2.21. The highest BCUT2D eigenvalue weighted by atomic mass is 79.9. The maximum Gasteiger partial charge on any atom is 0.424 e.